The zero-order valence-corrected chi connectivity index (χ0v) is 18.1. The number of aryl methyl sites for hydroxylation is 2. The molecule has 1 N–H and O–H groups in total. The molecule has 1 aliphatic rings. The van der Waals surface area contributed by atoms with Crippen molar-refractivity contribution in [2.75, 3.05) is 0 Å². The predicted molar refractivity (Wildman–Crippen MR) is 116 cm³/mol. The van der Waals surface area contributed by atoms with Crippen LogP contribution in [0.5, 0.6) is 5.75 Å². The van der Waals surface area contributed by atoms with E-state index in [1.807, 2.05) is 6.92 Å². The quantitative estimate of drug-likeness (QED) is 0.370. The molecule has 0 aliphatic heterocycles. The van der Waals surface area contributed by atoms with Crippen molar-refractivity contribution >= 4 is 27.0 Å². The lowest BCUT2D eigenvalue weighted by atomic mass is 9.91. The molecule has 0 radical (unpaired) electrons. The number of carbonyl (C=O) groups excluding carboxylic acids is 1. The molecular formula is C23H23NO6S. The minimum absolute atomic E-state index is 0.0648. The lowest BCUT2D eigenvalue weighted by Gasteiger charge is -2.17. The molecule has 0 saturated heterocycles. The van der Waals surface area contributed by atoms with Gasteiger partial charge in [-0.15, -0.1) is 0 Å². The van der Waals surface area contributed by atoms with Crippen molar-refractivity contribution in [2.45, 2.75) is 50.5 Å². The van der Waals surface area contributed by atoms with Gasteiger partial charge in [0.2, 0.25) is 10.0 Å². The monoisotopic (exact) mass is 441 g/mol. The summed E-state index contributed by atoms with van der Waals surface area (Å²) in [4.78, 5) is 24.8. The third-order valence-electron chi connectivity index (χ3n) is 5.43. The Hall–Kier alpha value is -2.97. The van der Waals surface area contributed by atoms with Crippen molar-refractivity contribution in [2.24, 2.45) is 0 Å². The summed E-state index contributed by atoms with van der Waals surface area (Å²) >= 11 is 0. The van der Waals surface area contributed by atoms with Gasteiger partial charge in [-0.2, -0.15) is 4.72 Å². The summed E-state index contributed by atoms with van der Waals surface area (Å²) in [5.41, 5.74) is 2.64. The van der Waals surface area contributed by atoms with Crippen LogP contribution < -0.4 is 15.1 Å². The molecule has 1 atom stereocenters. The van der Waals surface area contributed by atoms with E-state index in [0.29, 0.717) is 12.0 Å². The Bertz CT molecular complexity index is 1310. The summed E-state index contributed by atoms with van der Waals surface area (Å²) in [6, 6.07) is 10.1. The van der Waals surface area contributed by atoms with Gasteiger partial charge in [-0.25, -0.2) is 18.0 Å². The smallest absolute Gasteiger partial charge is 0.339 e. The zero-order valence-electron chi connectivity index (χ0n) is 17.3. The van der Waals surface area contributed by atoms with Crippen LogP contribution in [0.4, 0.5) is 0 Å². The number of nitrogens with one attached hydrogen (secondary N) is 1. The van der Waals surface area contributed by atoms with Gasteiger partial charge in [0.05, 0.1) is 4.90 Å². The summed E-state index contributed by atoms with van der Waals surface area (Å²) in [6.07, 6.45) is 3.51. The van der Waals surface area contributed by atoms with Gasteiger partial charge >= 0.3 is 11.6 Å². The number of hydrogen-bond donors (Lipinski definition) is 1. The molecule has 0 saturated carbocycles. The van der Waals surface area contributed by atoms with Gasteiger partial charge < -0.3 is 9.15 Å². The average molecular weight is 442 g/mol. The van der Waals surface area contributed by atoms with E-state index in [0.717, 1.165) is 41.3 Å². The number of ether oxygens (including phenoxy) is 1. The largest absolute Gasteiger partial charge is 0.425 e. The predicted octanol–water partition coefficient (Wildman–Crippen LogP) is 3.25. The van der Waals surface area contributed by atoms with Crippen LogP contribution in [0.15, 0.2) is 56.6 Å². The molecule has 162 valence electrons. The Labute approximate surface area is 180 Å². The first kappa shape index (κ1) is 21.3. The number of benzene rings is 2. The topological polar surface area (TPSA) is 103 Å². The first-order valence-electron chi connectivity index (χ1n) is 10.1. The van der Waals surface area contributed by atoms with E-state index >= 15 is 0 Å². The zero-order chi connectivity index (χ0) is 22.2. The van der Waals surface area contributed by atoms with E-state index in [9.17, 15) is 18.0 Å². The Morgan fingerprint density at radius 1 is 1.06 bits per heavy atom. The van der Waals surface area contributed by atoms with Gasteiger partial charge in [-0.3, -0.25) is 0 Å². The number of fused-ring (bicyclic) bond motifs is 3. The summed E-state index contributed by atoms with van der Waals surface area (Å²) in [7, 11) is -3.87. The fourth-order valence-electron chi connectivity index (χ4n) is 3.76. The van der Waals surface area contributed by atoms with Crippen LogP contribution in [0.25, 0.3) is 11.0 Å². The van der Waals surface area contributed by atoms with Gasteiger partial charge in [0, 0.05) is 17.0 Å². The highest BCUT2D eigenvalue weighted by Crippen LogP contribution is 2.29. The standard InChI is InChI=1S/C23H23NO6S/c1-14-7-10-17(11-8-14)31(27,28)24-15(2)22(25)29-16-9-12-19-18-5-3-4-6-20(18)23(26)30-21(19)13-16/h7-13,15,24H,3-6H2,1-2H3/t15-/m1/s1. The fraction of sp³-hybridized carbons (Fsp3) is 0.304. The van der Waals surface area contributed by atoms with Gasteiger partial charge in [0.15, 0.2) is 0 Å². The van der Waals surface area contributed by atoms with Crippen molar-refractivity contribution in [3.8, 4) is 5.75 Å². The van der Waals surface area contributed by atoms with Crippen LogP contribution in [0.3, 0.4) is 0 Å². The number of esters is 1. The van der Waals surface area contributed by atoms with E-state index in [4.69, 9.17) is 9.15 Å². The normalized spacial score (nSPS) is 14.8. The maximum absolute atomic E-state index is 12.5. The molecule has 31 heavy (non-hydrogen) atoms. The van der Waals surface area contributed by atoms with Gasteiger partial charge in [0.1, 0.15) is 17.4 Å². The minimum Gasteiger partial charge on any atom is -0.425 e. The van der Waals surface area contributed by atoms with Crippen LogP contribution in [0, 0.1) is 6.92 Å². The molecule has 1 heterocycles. The Morgan fingerprint density at radius 3 is 2.45 bits per heavy atom. The van der Waals surface area contributed by atoms with Crippen molar-refractivity contribution in [3.63, 3.8) is 0 Å². The number of carbonyl (C=O) groups is 1. The SMILES string of the molecule is Cc1ccc(S(=O)(=O)N[C@H](C)C(=O)Oc2ccc3c4c(c(=O)oc3c2)CCCC4)cc1. The summed E-state index contributed by atoms with van der Waals surface area (Å²) in [6.45, 7) is 3.26. The maximum atomic E-state index is 12.5. The molecule has 1 aliphatic carbocycles. The van der Waals surface area contributed by atoms with Crippen molar-refractivity contribution in [3.05, 3.63) is 69.6 Å². The molecule has 4 rings (SSSR count). The van der Waals surface area contributed by atoms with Crippen molar-refractivity contribution < 1.29 is 22.4 Å². The molecule has 0 amide bonds. The highest BCUT2D eigenvalue weighted by Gasteiger charge is 2.24. The van der Waals surface area contributed by atoms with E-state index in [-0.39, 0.29) is 16.3 Å². The second kappa shape index (κ2) is 8.28. The van der Waals surface area contributed by atoms with E-state index in [1.165, 1.54) is 25.1 Å². The summed E-state index contributed by atoms with van der Waals surface area (Å²) in [5.74, 6) is -0.590. The lowest BCUT2D eigenvalue weighted by molar-refractivity contribution is -0.135. The number of hydrogen-bond acceptors (Lipinski definition) is 6. The van der Waals surface area contributed by atoms with Crippen LogP contribution in [0.2, 0.25) is 0 Å². The molecule has 0 spiro atoms. The van der Waals surface area contributed by atoms with Crippen LogP contribution >= 0.6 is 0 Å². The van der Waals surface area contributed by atoms with E-state index in [2.05, 4.69) is 4.72 Å². The second-order valence-corrected chi connectivity index (χ2v) is 9.50. The Kier molecular flexibility index (Phi) is 5.68. The molecule has 8 heteroatoms. The highest BCUT2D eigenvalue weighted by molar-refractivity contribution is 7.89. The molecule has 0 fully saturated rings. The minimum atomic E-state index is -3.87. The molecule has 1 aromatic heterocycles. The third-order valence-corrected chi connectivity index (χ3v) is 6.99. The Morgan fingerprint density at radius 2 is 1.74 bits per heavy atom. The molecule has 0 bridgehead atoms. The molecule has 3 aromatic rings. The number of sulfonamides is 1. The average Bonchev–Trinajstić information content (AvgIpc) is 2.74. The van der Waals surface area contributed by atoms with Crippen molar-refractivity contribution in [1.82, 2.24) is 4.72 Å². The van der Waals surface area contributed by atoms with Gasteiger partial charge in [-0.05, 0) is 69.4 Å². The molecular weight excluding hydrogens is 418 g/mol. The highest BCUT2D eigenvalue weighted by atomic mass is 32.2. The first-order chi connectivity index (χ1) is 14.7. The third kappa shape index (κ3) is 4.40. The van der Waals surface area contributed by atoms with Crippen LogP contribution in [-0.4, -0.2) is 20.4 Å². The first-order valence-corrected chi connectivity index (χ1v) is 11.6. The molecule has 0 unspecified atom stereocenters. The summed E-state index contributed by atoms with van der Waals surface area (Å²) < 4.78 is 38.1. The van der Waals surface area contributed by atoms with Crippen LogP contribution in [0.1, 0.15) is 36.5 Å². The van der Waals surface area contributed by atoms with Gasteiger partial charge in [-0.1, -0.05) is 17.7 Å². The number of rotatable bonds is 5. The van der Waals surface area contributed by atoms with Crippen LogP contribution in [-0.2, 0) is 27.7 Å². The summed E-state index contributed by atoms with van der Waals surface area (Å²) in [5, 5.41) is 0.835. The Balaban J connectivity index is 1.52. The lowest BCUT2D eigenvalue weighted by Crippen LogP contribution is -2.40. The van der Waals surface area contributed by atoms with Crippen molar-refractivity contribution in [1.29, 1.82) is 0 Å². The van der Waals surface area contributed by atoms with Gasteiger partial charge in [0.25, 0.3) is 0 Å². The molecule has 2 aromatic carbocycles. The molecule has 7 nitrogen and oxygen atoms in total. The van der Waals surface area contributed by atoms with E-state index in [1.54, 1.807) is 24.3 Å². The maximum Gasteiger partial charge on any atom is 0.339 e. The second-order valence-electron chi connectivity index (χ2n) is 7.79. The van der Waals surface area contributed by atoms with E-state index < -0.39 is 22.0 Å². The fourth-order valence-corrected chi connectivity index (χ4v) is 4.95.